The van der Waals surface area contributed by atoms with Crippen molar-refractivity contribution in [2.45, 2.75) is 5.32 Å². The van der Waals surface area contributed by atoms with Crippen molar-refractivity contribution in [3.05, 3.63) is 84.4 Å². The van der Waals surface area contributed by atoms with Crippen molar-refractivity contribution < 1.29 is 4.79 Å². The van der Waals surface area contributed by atoms with Gasteiger partial charge in [0.15, 0.2) is 0 Å². The maximum atomic E-state index is 12.5. The minimum atomic E-state index is -0.0882. The zero-order valence-electron chi connectivity index (χ0n) is 13.2. The number of benzene rings is 1. The monoisotopic (exact) mass is 441 g/mol. The van der Waals surface area contributed by atoms with Gasteiger partial charge in [-0.05, 0) is 0 Å². The molecule has 0 saturated carbocycles. The first-order chi connectivity index (χ1) is 11.3. The predicted molar refractivity (Wildman–Crippen MR) is 106 cm³/mol. The van der Waals surface area contributed by atoms with Crippen molar-refractivity contribution in [2.75, 3.05) is 5.32 Å². The Bertz CT molecular complexity index is 789. The predicted octanol–water partition coefficient (Wildman–Crippen LogP) is 3.10. The molecule has 3 rings (SSSR count). The quantitative estimate of drug-likeness (QED) is 0.620. The van der Waals surface area contributed by atoms with Crippen LogP contribution in [0.2, 0.25) is 0 Å². The Balaban J connectivity index is 0.00000156. The van der Waals surface area contributed by atoms with E-state index in [0.29, 0.717) is 0 Å². The number of hydrogen-bond donors (Lipinski definition) is 1. The number of pyridine rings is 2. The minimum absolute atomic E-state index is 0. The summed E-state index contributed by atoms with van der Waals surface area (Å²) in [6.07, 6.45) is 5.12. The fourth-order valence-corrected chi connectivity index (χ4v) is 4.07. The average molecular weight is 441 g/mol. The van der Waals surface area contributed by atoms with Gasteiger partial charge >= 0.3 is 141 Å². The molecule has 0 unspecified atom stereocenters. The zero-order chi connectivity index (χ0) is 15.9. The first kappa shape index (κ1) is 21.1. The summed E-state index contributed by atoms with van der Waals surface area (Å²) in [6.45, 7) is 0. The number of hydrogen-bond acceptors (Lipinski definition) is 3. The average Bonchev–Trinajstić information content (AvgIpc) is 2.62. The second-order valence-corrected chi connectivity index (χ2v) is 6.93. The van der Waals surface area contributed by atoms with Crippen LogP contribution in [0.25, 0.3) is 0 Å². The van der Waals surface area contributed by atoms with E-state index >= 15 is 0 Å². The number of nitrogens with zero attached hydrogens (tertiary/aromatic N) is 2. The molecule has 2 aromatic heterocycles. The zero-order valence-corrected chi connectivity index (χ0v) is 16.5. The first-order valence-electron chi connectivity index (χ1n) is 7.16. The topological polar surface area (TPSA) is 54.9 Å². The van der Waals surface area contributed by atoms with Gasteiger partial charge in [-0.15, -0.1) is 24.8 Å². The third-order valence-electron chi connectivity index (χ3n) is 3.17. The first-order valence-corrected chi connectivity index (χ1v) is 9.23. The van der Waals surface area contributed by atoms with E-state index in [2.05, 4.69) is 15.3 Å². The summed E-state index contributed by atoms with van der Waals surface area (Å²) in [5.41, 5.74) is 2.52. The Morgan fingerprint density at radius 1 is 0.920 bits per heavy atom. The molecule has 1 amide bonds. The number of carbonyl (C=O) groups is 1. The number of carbonyl (C=O) groups excluding carboxylic acids is 1. The Kier molecular flexibility index (Phi) is 9.17. The van der Waals surface area contributed by atoms with Crippen LogP contribution in [0.5, 0.6) is 0 Å². The number of aromatic nitrogens is 2. The fraction of sp³-hybridized carbons (Fsp3) is 0.0556. The summed E-state index contributed by atoms with van der Waals surface area (Å²) < 4.78 is 1.08. The van der Waals surface area contributed by atoms with Crippen molar-refractivity contribution in [3.63, 3.8) is 0 Å². The number of rotatable bonds is 5. The van der Waals surface area contributed by atoms with Crippen molar-refractivity contribution in [2.24, 2.45) is 0 Å². The van der Waals surface area contributed by atoms with E-state index < -0.39 is 0 Å². The van der Waals surface area contributed by atoms with Crippen molar-refractivity contribution in [3.8, 4) is 0 Å². The van der Waals surface area contributed by atoms with Crippen molar-refractivity contribution in [1.29, 1.82) is 0 Å². The van der Waals surface area contributed by atoms with Gasteiger partial charge in [0.2, 0.25) is 0 Å². The molecule has 0 aliphatic carbocycles. The number of anilines is 1. The van der Waals surface area contributed by atoms with E-state index in [1.807, 2.05) is 42.5 Å². The van der Waals surface area contributed by atoms with Gasteiger partial charge in [-0.2, -0.15) is 0 Å². The Morgan fingerprint density at radius 3 is 2.36 bits per heavy atom. The van der Waals surface area contributed by atoms with Crippen LogP contribution in [0.1, 0.15) is 16.1 Å². The molecule has 130 valence electrons. The van der Waals surface area contributed by atoms with Crippen LogP contribution in [0.4, 0.5) is 5.69 Å². The van der Waals surface area contributed by atoms with Crippen LogP contribution in [-0.2, 0) is 5.32 Å². The fourth-order valence-electron chi connectivity index (χ4n) is 2.05. The van der Waals surface area contributed by atoms with Crippen LogP contribution in [0.3, 0.4) is 0 Å². The van der Waals surface area contributed by atoms with Crippen LogP contribution >= 0.6 is 24.8 Å². The molecule has 0 atom stereocenters. The Labute approximate surface area is 165 Å². The second kappa shape index (κ2) is 10.9. The number of nitrogens with one attached hydrogen (secondary N) is 1. The summed E-state index contributed by atoms with van der Waals surface area (Å²) in [4.78, 5) is 20.8. The Morgan fingerprint density at radius 2 is 1.64 bits per heavy atom. The van der Waals surface area contributed by atoms with Crippen LogP contribution in [-0.4, -0.2) is 30.8 Å². The molecule has 0 aliphatic rings. The van der Waals surface area contributed by atoms with E-state index in [9.17, 15) is 4.79 Å². The van der Waals surface area contributed by atoms with E-state index in [0.717, 1.165) is 26.7 Å². The summed E-state index contributed by atoms with van der Waals surface area (Å²) in [5, 5.41) is 3.78. The van der Waals surface area contributed by atoms with E-state index in [1.54, 1.807) is 30.7 Å². The van der Waals surface area contributed by atoms with E-state index in [-0.39, 0.29) is 45.7 Å². The summed E-state index contributed by atoms with van der Waals surface area (Å²) in [6, 6.07) is 17.2. The third-order valence-corrected chi connectivity index (χ3v) is 5.49. The van der Waals surface area contributed by atoms with Crippen LogP contribution in [0, 0.1) is 0 Å². The molecule has 4 nitrogen and oxygen atoms in total. The molecule has 1 aromatic carbocycles. The van der Waals surface area contributed by atoms with Crippen molar-refractivity contribution in [1.82, 2.24) is 9.97 Å². The van der Waals surface area contributed by atoms with Crippen LogP contribution < -0.4 is 9.78 Å². The van der Waals surface area contributed by atoms with Gasteiger partial charge in [0.25, 0.3) is 0 Å². The molecule has 0 radical (unpaired) electrons. The molecule has 3 aromatic rings. The molecule has 25 heavy (non-hydrogen) atoms. The third kappa shape index (κ3) is 6.14. The van der Waals surface area contributed by atoms with Crippen molar-refractivity contribution >= 4 is 55.8 Å². The molecular formula is C18H17Cl2N3OSe. The molecule has 0 fully saturated rings. The molecule has 2 heterocycles. The molecule has 0 spiro atoms. The maximum absolute atomic E-state index is 12.5. The van der Waals surface area contributed by atoms with Gasteiger partial charge in [-0.1, -0.05) is 0 Å². The molecule has 7 heteroatoms. The van der Waals surface area contributed by atoms with Gasteiger partial charge in [-0.25, -0.2) is 0 Å². The number of amides is 1. The number of halogens is 2. The van der Waals surface area contributed by atoms with Gasteiger partial charge in [0, 0.05) is 0 Å². The molecule has 0 aliphatic heterocycles. The van der Waals surface area contributed by atoms with Gasteiger partial charge in [-0.3, -0.25) is 0 Å². The molecule has 0 saturated heterocycles. The van der Waals surface area contributed by atoms with Gasteiger partial charge in [0.1, 0.15) is 0 Å². The van der Waals surface area contributed by atoms with Crippen LogP contribution in [0.15, 0.2) is 73.2 Å². The molecule has 0 bridgehead atoms. The molecule has 1 N–H and O–H groups in total. The van der Waals surface area contributed by atoms with Gasteiger partial charge < -0.3 is 0 Å². The summed E-state index contributed by atoms with van der Waals surface area (Å²) in [7, 11) is 0. The summed E-state index contributed by atoms with van der Waals surface area (Å²) in [5.74, 6) is -0.0882. The SMILES string of the molecule is Cl.Cl.O=C(Nc1ccncc1)c1ccccc1[Se]Cc1ccccn1. The standard InChI is InChI=1S/C18H15N3OSe.2ClH/c22-18(21-14-8-11-19-12-9-14)16-6-1-2-7-17(16)23-13-15-5-3-4-10-20-15;;/h1-12H,13H2,(H,19,21,22);2*1H. The van der Waals surface area contributed by atoms with E-state index in [1.165, 1.54) is 0 Å². The van der Waals surface area contributed by atoms with E-state index in [4.69, 9.17) is 0 Å². The second-order valence-electron chi connectivity index (χ2n) is 4.80. The molecular weight excluding hydrogens is 424 g/mol. The summed E-state index contributed by atoms with van der Waals surface area (Å²) >= 11 is 0.153. The van der Waals surface area contributed by atoms with Gasteiger partial charge in [0.05, 0.1) is 0 Å². The normalized spacial score (nSPS) is 9.44. The Hall–Kier alpha value is -1.91.